The molecule has 1 fully saturated rings. The Morgan fingerprint density at radius 1 is 1.41 bits per heavy atom. The Morgan fingerprint density at radius 2 is 2.18 bits per heavy atom. The van der Waals surface area contributed by atoms with Crippen molar-refractivity contribution >= 4 is 17.6 Å². The van der Waals surface area contributed by atoms with Gasteiger partial charge in [0, 0.05) is 5.02 Å². The van der Waals surface area contributed by atoms with Gasteiger partial charge in [-0.05, 0) is 30.5 Å². The topological polar surface area (TPSA) is 57.5 Å². The molecule has 2 N–H and O–H groups in total. The summed E-state index contributed by atoms with van der Waals surface area (Å²) in [7, 11) is 0. The zero-order valence-corrected chi connectivity index (χ0v) is 10.2. The Labute approximate surface area is 105 Å². The second-order valence-electron chi connectivity index (χ2n) is 4.55. The number of hydrogen-bond acceptors (Lipinski definition) is 2. The maximum atomic E-state index is 11.6. The van der Waals surface area contributed by atoms with E-state index in [1.54, 1.807) is 24.3 Å². The summed E-state index contributed by atoms with van der Waals surface area (Å²) in [6.45, 7) is 0. The molecule has 0 bridgehead atoms. The van der Waals surface area contributed by atoms with Crippen LogP contribution in [-0.2, 0) is 10.2 Å². The fourth-order valence-electron chi connectivity index (χ4n) is 2.63. The second kappa shape index (κ2) is 4.67. The van der Waals surface area contributed by atoms with Crippen molar-refractivity contribution in [2.24, 2.45) is 0 Å². The van der Waals surface area contributed by atoms with Crippen molar-refractivity contribution in [3.63, 3.8) is 0 Å². The quantitative estimate of drug-likeness (QED) is 0.853. The van der Waals surface area contributed by atoms with Gasteiger partial charge in [0.2, 0.25) is 0 Å². The summed E-state index contributed by atoms with van der Waals surface area (Å²) >= 11 is 5.90. The summed E-state index contributed by atoms with van der Waals surface area (Å²) in [5.74, 6) is -0.966. The van der Waals surface area contributed by atoms with Crippen molar-refractivity contribution in [3.05, 3.63) is 34.9 Å². The maximum Gasteiger partial charge on any atom is 0.316 e. The lowest BCUT2D eigenvalue weighted by atomic mass is 9.67. The first-order valence-corrected chi connectivity index (χ1v) is 6.12. The van der Waals surface area contributed by atoms with Crippen LogP contribution in [0.25, 0.3) is 0 Å². The van der Waals surface area contributed by atoms with Gasteiger partial charge in [-0.1, -0.05) is 36.6 Å². The average Bonchev–Trinajstić information content (AvgIpc) is 2.29. The molecule has 3 nitrogen and oxygen atoms in total. The van der Waals surface area contributed by atoms with Gasteiger partial charge < -0.3 is 10.2 Å². The predicted molar refractivity (Wildman–Crippen MR) is 65.2 cm³/mol. The van der Waals surface area contributed by atoms with Crippen molar-refractivity contribution in [3.8, 4) is 0 Å². The molecule has 2 atom stereocenters. The highest BCUT2D eigenvalue weighted by Gasteiger charge is 2.48. The van der Waals surface area contributed by atoms with Crippen molar-refractivity contribution in [2.45, 2.75) is 37.2 Å². The molecule has 4 heteroatoms. The summed E-state index contributed by atoms with van der Waals surface area (Å²) in [5.41, 5.74) is -0.590. The third-order valence-electron chi connectivity index (χ3n) is 3.59. The molecule has 2 rings (SSSR count). The number of carboxylic acids is 1. The third-order valence-corrected chi connectivity index (χ3v) is 3.82. The number of aliphatic carboxylic acids is 1. The molecule has 0 radical (unpaired) electrons. The second-order valence-corrected chi connectivity index (χ2v) is 4.98. The molecular weight excluding hydrogens is 240 g/mol. The minimum absolute atomic E-state index is 0.462. The van der Waals surface area contributed by atoms with Gasteiger partial charge in [0.1, 0.15) is 5.41 Å². The van der Waals surface area contributed by atoms with Crippen LogP contribution >= 0.6 is 11.6 Å². The predicted octanol–water partition coefficient (Wildman–Crippen LogP) is 2.60. The van der Waals surface area contributed by atoms with Crippen LogP contribution in [0.15, 0.2) is 24.3 Å². The third kappa shape index (κ3) is 2.05. The van der Waals surface area contributed by atoms with Crippen molar-refractivity contribution in [1.29, 1.82) is 0 Å². The largest absolute Gasteiger partial charge is 0.481 e. The van der Waals surface area contributed by atoms with Crippen LogP contribution in [0.5, 0.6) is 0 Å². The number of carboxylic acid groups (broad SMARTS) is 1. The smallest absolute Gasteiger partial charge is 0.316 e. The van der Waals surface area contributed by atoms with Crippen molar-refractivity contribution < 1.29 is 15.0 Å². The van der Waals surface area contributed by atoms with Gasteiger partial charge in [-0.2, -0.15) is 0 Å². The number of carbonyl (C=O) groups is 1. The molecule has 0 unspecified atom stereocenters. The fourth-order valence-corrected chi connectivity index (χ4v) is 2.82. The first-order valence-electron chi connectivity index (χ1n) is 5.75. The number of aliphatic hydroxyl groups excluding tert-OH is 1. The summed E-state index contributed by atoms with van der Waals surface area (Å²) in [5, 5.41) is 20.1. The first-order chi connectivity index (χ1) is 8.07. The van der Waals surface area contributed by atoms with Gasteiger partial charge in [0.15, 0.2) is 0 Å². The Morgan fingerprint density at radius 3 is 2.76 bits per heavy atom. The number of halogens is 1. The van der Waals surface area contributed by atoms with Gasteiger partial charge in [0.25, 0.3) is 0 Å². The van der Waals surface area contributed by atoms with E-state index in [0.717, 1.165) is 12.8 Å². The van der Waals surface area contributed by atoms with Crippen LogP contribution in [0.2, 0.25) is 5.02 Å². The van der Waals surface area contributed by atoms with Crippen molar-refractivity contribution in [1.82, 2.24) is 0 Å². The van der Waals surface area contributed by atoms with E-state index in [9.17, 15) is 15.0 Å². The van der Waals surface area contributed by atoms with E-state index in [-0.39, 0.29) is 0 Å². The minimum Gasteiger partial charge on any atom is -0.481 e. The van der Waals surface area contributed by atoms with Gasteiger partial charge in [-0.25, -0.2) is 0 Å². The van der Waals surface area contributed by atoms with Gasteiger partial charge in [-0.3, -0.25) is 4.79 Å². The molecule has 1 aromatic rings. The van der Waals surface area contributed by atoms with E-state index in [4.69, 9.17) is 11.6 Å². The van der Waals surface area contributed by atoms with Crippen LogP contribution in [0.4, 0.5) is 0 Å². The zero-order valence-electron chi connectivity index (χ0n) is 9.40. The molecular formula is C13H15ClO3. The van der Waals surface area contributed by atoms with Crippen LogP contribution in [0, 0.1) is 0 Å². The van der Waals surface area contributed by atoms with E-state index in [1.165, 1.54) is 0 Å². The molecule has 0 aromatic heterocycles. The molecule has 0 saturated heterocycles. The van der Waals surface area contributed by atoms with Crippen molar-refractivity contribution in [2.75, 3.05) is 0 Å². The van der Waals surface area contributed by atoms with Crippen LogP contribution < -0.4 is 0 Å². The fraction of sp³-hybridized carbons (Fsp3) is 0.462. The normalized spacial score (nSPS) is 28.9. The summed E-state index contributed by atoms with van der Waals surface area (Å²) in [4.78, 5) is 11.6. The average molecular weight is 255 g/mol. The van der Waals surface area contributed by atoms with Crippen LogP contribution in [0.3, 0.4) is 0 Å². The SMILES string of the molecule is O=C(O)[C@@]1(c2cccc(Cl)c2)CCCC[C@@H]1O. The van der Waals surface area contributed by atoms with E-state index in [1.807, 2.05) is 0 Å². The molecule has 0 aliphatic heterocycles. The highest BCUT2D eigenvalue weighted by atomic mass is 35.5. The molecule has 17 heavy (non-hydrogen) atoms. The lowest BCUT2D eigenvalue weighted by Gasteiger charge is -2.38. The van der Waals surface area contributed by atoms with Gasteiger partial charge in [0.05, 0.1) is 6.10 Å². The number of rotatable bonds is 2. The molecule has 0 spiro atoms. The Hall–Kier alpha value is -1.06. The number of benzene rings is 1. The molecule has 1 aliphatic carbocycles. The zero-order chi connectivity index (χ0) is 12.5. The van der Waals surface area contributed by atoms with Crippen LogP contribution in [-0.4, -0.2) is 22.3 Å². The van der Waals surface area contributed by atoms with Crippen LogP contribution in [0.1, 0.15) is 31.2 Å². The lowest BCUT2D eigenvalue weighted by molar-refractivity contribution is -0.151. The van der Waals surface area contributed by atoms with E-state index >= 15 is 0 Å². The standard InChI is InChI=1S/C13H15ClO3/c14-10-5-3-4-9(8-10)13(12(16)17)7-2-1-6-11(13)15/h3-5,8,11,15H,1-2,6-7H2,(H,16,17)/t11-,13+/m0/s1. The van der Waals surface area contributed by atoms with E-state index < -0.39 is 17.5 Å². The summed E-state index contributed by atoms with van der Waals surface area (Å²) in [6.07, 6.45) is 1.84. The maximum absolute atomic E-state index is 11.6. The number of hydrogen-bond donors (Lipinski definition) is 2. The lowest BCUT2D eigenvalue weighted by Crippen LogP contribution is -2.48. The molecule has 0 heterocycles. The number of aliphatic hydroxyl groups is 1. The monoisotopic (exact) mass is 254 g/mol. The summed E-state index contributed by atoms with van der Waals surface area (Å²) in [6, 6.07) is 6.80. The highest BCUT2D eigenvalue weighted by Crippen LogP contribution is 2.40. The molecule has 1 aliphatic rings. The van der Waals surface area contributed by atoms with Gasteiger partial charge >= 0.3 is 5.97 Å². The Kier molecular flexibility index (Phi) is 3.40. The van der Waals surface area contributed by atoms with E-state index in [2.05, 4.69) is 0 Å². The molecule has 1 saturated carbocycles. The highest BCUT2D eigenvalue weighted by molar-refractivity contribution is 6.30. The summed E-state index contributed by atoms with van der Waals surface area (Å²) < 4.78 is 0. The molecule has 92 valence electrons. The molecule has 1 aromatic carbocycles. The first kappa shape index (κ1) is 12.4. The Balaban J connectivity index is 2.50. The minimum atomic E-state index is -1.19. The Bertz CT molecular complexity index is 432. The van der Waals surface area contributed by atoms with E-state index in [0.29, 0.717) is 23.4 Å². The van der Waals surface area contributed by atoms with Gasteiger partial charge in [-0.15, -0.1) is 0 Å². The molecule has 0 amide bonds.